The van der Waals surface area contributed by atoms with Gasteiger partial charge in [0.15, 0.2) is 0 Å². The molecule has 0 spiro atoms. The zero-order chi connectivity index (χ0) is 8.22. The first kappa shape index (κ1) is 7.35. The van der Waals surface area contributed by atoms with Crippen molar-refractivity contribution in [3.63, 3.8) is 0 Å². The van der Waals surface area contributed by atoms with Crippen LogP contribution in [0.3, 0.4) is 0 Å². The number of allylic oxidation sites excluding steroid dienone is 1. The Hall–Kier alpha value is -0.300. The van der Waals surface area contributed by atoms with Crippen molar-refractivity contribution in [2.75, 3.05) is 0 Å². The Morgan fingerprint density at radius 3 is 2.64 bits per heavy atom. The van der Waals surface area contributed by atoms with Gasteiger partial charge < -0.3 is 5.11 Å². The van der Waals surface area contributed by atoms with E-state index in [1.54, 1.807) is 0 Å². The fourth-order valence-electron chi connectivity index (χ4n) is 2.37. The Labute approximate surface area is 68.1 Å². The predicted octanol–water partition coefficient (Wildman–Crippen LogP) is 1.97. The summed E-state index contributed by atoms with van der Waals surface area (Å²) in [6, 6.07) is 0. The van der Waals surface area contributed by atoms with Crippen molar-refractivity contribution in [3.8, 4) is 0 Å². The molecule has 3 unspecified atom stereocenters. The number of fused-ring (bicyclic) bond motifs is 1. The molecule has 2 rings (SSSR count). The fraction of sp³-hybridized carbons (Fsp3) is 0.800. The molecule has 2 aliphatic carbocycles. The first-order valence-corrected chi connectivity index (χ1v) is 4.42. The van der Waals surface area contributed by atoms with Crippen LogP contribution in [0.25, 0.3) is 0 Å². The Kier molecular flexibility index (Phi) is 1.26. The third kappa shape index (κ3) is 0.871. The molecule has 1 saturated carbocycles. The number of hydrogen-bond donors (Lipinski definition) is 1. The molecule has 0 aliphatic heterocycles. The summed E-state index contributed by atoms with van der Waals surface area (Å²) in [5.74, 6) is 1.61. The predicted molar refractivity (Wildman–Crippen MR) is 45.1 cm³/mol. The first-order chi connectivity index (χ1) is 5.03. The van der Waals surface area contributed by atoms with E-state index in [-0.39, 0.29) is 6.10 Å². The van der Waals surface area contributed by atoms with E-state index in [1.807, 2.05) is 6.92 Å². The van der Waals surface area contributed by atoms with Crippen LogP contribution in [-0.4, -0.2) is 11.2 Å². The van der Waals surface area contributed by atoms with E-state index in [4.69, 9.17) is 0 Å². The average Bonchev–Trinajstić information content (AvgIpc) is 2.28. The van der Waals surface area contributed by atoms with E-state index in [0.717, 1.165) is 18.3 Å². The van der Waals surface area contributed by atoms with E-state index in [0.29, 0.717) is 5.41 Å². The zero-order valence-corrected chi connectivity index (χ0v) is 7.46. The summed E-state index contributed by atoms with van der Waals surface area (Å²) in [6.07, 6.45) is 3.21. The third-order valence-corrected chi connectivity index (χ3v) is 3.53. The number of aliphatic hydroxyl groups is 1. The lowest BCUT2D eigenvalue weighted by atomic mass is 9.98. The number of hydrogen-bond acceptors (Lipinski definition) is 1. The summed E-state index contributed by atoms with van der Waals surface area (Å²) in [5.41, 5.74) is 1.80. The highest BCUT2D eigenvalue weighted by Crippen LogP contribution is 2.65. The van der Waals surface area contributed by atoms with Crippen molar-refractivity contribution in [1.82, 2.24) is 0 Å². The first-order valence-electron chi connectivity index (χ1n) is 4.42. The summed E-state index contributed by atoms with van der Waals surface area (Å²) >= 11 is 0. The molecule has 0 aromatic carbocycles. The van der Waals surface area contributed by atoms with Gasteiger partial charge in [-0.1, -0.05) is 19.9 Å². The lowest BCUT2D eigenvalue weighted by Gasteiger charge is -2.11. The molecular weight excluding hydrogens is 136 g/mol. The molecule has 1 nitrogen and oxygen atoms in total. The molecule has 1 heteroatoms. The van der Waals surface area contributed by atoms with Gasteiger partial charge >= 0.3 is 0 Å². The van der Waals surface area contributed by atoms with Crippen molar-refractivity contribution in [3.05, 3.63) is 11.6 Å². The maximum absolute atomic E-state index is 9.29. The van der Waals surface area contributed by atoms with Crippen molar-refractivity contribution < 1.29 is 5.11 Å². The molecule has 2 aliphatic rings. The van der Waals surface area contributed by atoms with Crippen molar-refractivity contribution in [2.45, 2.75) is 33.3 Å². The van der Waals surface area contributed by atoms with Gasteiger partial charge in [0.1, 0.15) is 0 Å². The van der Waals surface area contributed by atoms with Gasteiger partial charge in [-0.3, -0.25) is 0 Å². The SMILES string of the molecule is CC(O)C1=CC2C(C1)C2(C)C. The highest BCUT2D eigenvalue weighted by Gasteiger charge is 2.59. The summed E-state index contributed by atoms with van der Waals surface area (Å²) in [6.45, 7) is 6.50. The van der Waals surface area contributed by atoms with Gasteiger partial charge in [-0.25, -0.2) is 0 Å². The van der Waals surface area contributed by atoms with Crippen LogP contribution in [0.2, 0.25) is 0 Å². The van der Waals surface area contributed by atoms with Crippen molar-refractivity contribution in [1.29, 1.82) is 0 Å². The second kappa shape index (κ2) is 1.89. The van der Waals surface area contributed by atoms with Gasteiger partial charge in [-0.2, -0.15) is 0 Å². The standard InChI is InChI=1S/C10H16O/c1-6(11)7-4-8-9(5-7)10(8,2)3/h4,6,8-9,11H,5H2,1-3H3. The molecule has 62 valence electrons. The number of aliphatic hydroxyl groups excluding tert-OH is 1. The smallest absolute Gasteiger partial charge is 0.0722 e. The largest absolute Gasteiger partial charge is 0.389 e. The van der Waals surface area contributed by atoms with E-state index < -0.39 is 0 Å². The molecule has 0 heterocycles. The normalized spacial score (nSPS) is 41.3. The molecular formula is C10H16O. The van der Waals surface area contributed by atoms with Gasteiger partial charge in [0.05, 0.1) is 6.10 Å². The van der Waals surface area contributed by atoms with Gasteiger partial charge in [-0.15, -0.1) is 0 Å². The lowest BCUT2D eigenvalue weighted by Crippen LogP contribution is -2.06. The van der Waals surface area contributed by atoms with Crippen LogP contribution >= 0.6 is 0 Å². The molecule has 0 bridgehead atoms. The maximum Gasteiger partial charge on any atom is 0.0722 e. The minimum atomic E-state index is -0.210. The zero-order valence-electron chi connectivity index (χ0n) is 7.46. The quantitative estimate of drug-likeness (QED) is 0.569. The van der Waals surface area contributed by atoms with Crippen LogP contribution in [0.15, 0.2) is 11.6 Å². The summed E-state index contributed by atoms with van der Waals surface area (Å²) in [5, 5.41) is 9.29. The van der Waals surface area contributed by atoms with Gasteiger partial charge in [0.25, 0.3) is 0 Å². The van der Waals surface area contributed by atoms with Crippen LogP contribution in [-0.2, 0) is 0 Å². The van der Waals surface area contributed by atoms with Crippen molar-refractivity contribution in [2.24, 2.45) is 17.3 Å². The highest BCUT2D eigenvalue weighted by molar-refractivity contribution is 5.29. The Morgan fingerprint density at radius 2 is 2.27 bits per heavy atom. The Morgan fingerprint density at radius 1 is 1.64 bits per heavy atom. The molecule has 0 radical (unpaired) electrons. The van der Waals surface area contributed by atoms with Crippen molar-refractivity contribution >= 4 is 0 Å². The Bertz CT molecular complexity index is 213. The average molecular weight is 152 g/mol. The maximum atomic E-state index is 9.29. The molecule has 0 amide bonds. The van der Waals surface area contributed by atoms with Gasteiger partial charge in [0, 0.05) is 0 Å². The van der Waals surface area contributed by atoms with Crippen LogP contribution in [0.1, 0.15) is 27.2 Å². The molecule has 11 heavy (non-hydrogen) atoms. The minimum Gasteiger partial charge on any atom is -0.389 e. The van der Waals surface area contributed by atoms with Gasteiger partial charge in [-0.05, 0) is 36.2 Å². The van der Waals surface area contributed by atoms with E-state index in [9.17, 15) is 5.11 Å². The van der Waals surface area contributed by atoms with Crippen LogP contribution < -0.4 is 0 Å². The summed E-state index contributed by atoms with van der Waals surface area (Å²) < 4.78 is 0. The second-order valence-corrected chi connectivity index (χ2v) is 4.58. The summed E-state index contributed by atoms with van der Waals surface area (Å²) in [7, 11) is 0. The van der Waals surface area contributed by atoms with Crippen LogP contribution in [0, 0.1) is 17.3 Å². The van der Waals surface area contributed by atoms with Gasteiger partial charge in [0.2, 0.25) is 0 Å². The Balaban J connectivity index is 2.10. The molecule has 1 N–H and O–H groups in total. The minimum absolute atomic E-state index is 0.210. The lowest BCUT2D eigenvalue weighted by molar-refractivity contribution is 0.225. The van der Waals surface area contributed by atoms with E-state index in [2.05, 4.69) is 19.9 Å². The molecule has 0 aromatic rings. The van der Waals surface area contributed by atoms with Crippen LogP contribution in [0.4, 0.5) is 0 Å². The fourth-order valence-corrected chi connectivity index (χ4v) is 2.37. The highest BCUT2D eigenvalue weighted by atomic mass is 16.3. The third-order valence-electron chi connectivity index (χ3n) is 3.53. The molecule has 0 saturated heterocycles. The summed E-state index contributed by atoms with van der Waals surface area (Å²) in [4.78, 5) is 0. The number of rotatable bonds is 1. The van der Waals surface area contributed by atoms with Crippen LogP contribution in [0.5, 0.6) is 0 Å². The second-order valence-electron chi connectivity index (χ2n) is 4.58. The topological polar surface area (TPSA) is 20.2 Å². The monoisotopic (exact) mass is 152 g/mol. The van der Waals surface area contributed by atoms with E-state index in [1.165, 1.54) is 5.57 Å². The molecule has 0 aromatic heterocycles. The van der Waals surface area contributed by atoms with E-state index >= 15 is 0 Å². The molecule has 1 fully saturated rings. The molecule has 3 atom stereocenters.